The Morgan fingerprint density at radius 3 is 2.41 bits per heavy atom. The van der Waals surface area contributed by atoms with E-state index in [-0.39, 0.29) is 22.8 Å². The van der Waals surface area contributed by atoms with E-state index in [0.29, 0.717) is 5.95 Å². The molecule has 3 N–H and O–H groups in total. The molecule has 3 rings (SSSR count). The van der Waals surface area contributed by atoms with Crippen LogP contribution in [0.4, 0.5) is 14.7 Å². The van der Waals surface area contributed by atoms with Gasteiger partial charge in [0.2, 0.25) is 11.9 Å². The average Bonchev–Trinajstić information content (AvgIpc) is 2.95. The quantitative estimate of drug-likeness (QED) is 0.721. The molecule has 0 saturated carbocycles. The summed E-state index contributed by atoms with van der Waals surface area (Å²) >= 11 is 0. The normalized spacial score (nSPS) is 11.4. The average molecular weight is 371 g/mol. The molecule has 0 bridgehead atoms. The first kappa shape index (κ1) is 18.5. The van der Waals surface area contributed by atoms with Crippen LogP contribution in [0, 0.1) is 11.6 Å². The third-order valence-electron chi connectivity index (χ3n) is 4.36. The lowest BCUT2D eigenvalue weighted by Crippen LogP contribution is -2.29. The van der Waals surface area contributed by atoms with E-state index in [1.807, 2.05) is 13.8 Å². The molecule has 1 aromatic heterocycles. The minimum absolute atomic E-state index is 0.119. The Morgan fingerprint density at radius 1 is 1.11 bits per heavy atom. The number of halogens is 2. The van der Waals surface area contributed by atoms with E-state index in [1.54, 1.807) is 23.7 Å². The van der Waals surface area contributed by atoms with Gasteiger partial charge in [0, 0.05) is 12.6 Å². The van der Waals surface area contributed by atoms with Crippen molar-refractivity contribution in [2.24, 2.45) is 12.8 Å². The van der Waals surface area contributed by atoms with Gasteiger partial charge in [-0.1, -0.05) is 12.1 Å². The van der Waals surface area contributed by atoms with E-state index in [0.717, 1.165) is 5.56 Å². The molecule has 1 amide bonds. The number of primary amides is 1. The van der Waals surface area contributed by atoms with Crippen LogP contribution in [0.5, 0.6) is 0 Å². The van der Waals surface area contributed by atoms with Gasteiger partial charge in [-0.3, -0.25) is 9.36 Å². The summed E-state index contributed by atoms with van der Waals surface area (Å²) in [6.45, 7) is 3.81. The summed E-state index contributed by atoms with van der Waals surface area (Å²) in [5.41, 5.74) is 5.82. The van der Waals surface area contributed by atoms with Crippen LogP contribution >= 0.6 is 0 Å². The van der Waals surface area contributed by atoms with Gasteiger partial charge in [0.05, 0.1) is 11.1 Å². The van der Waals surface area contributed by atoms with Crippen molar-refractivity contribution < 1.29 is 13.6 Å². The zero-order valence-corrected chi connectivity index (χ0v) is 15.1. The van der Waals surface area contributed by atoms with E-state index >= 15 is 0 Å². The topological polar surface area (TPSA) is 85.8 Å². The molecule has 0 atom stereocenters. The lowest BCUT2D eigenvalue weighted by atomic mass is 9.94. The van der Waals surface area contributed by atoms with Crippen molar-refractivity contribution in [3.8, 4) is 11.4 Å². The minimum Gasteiger partial charge on any atom is -0.366 e. The number of hydrogen-bond donors (Lipinski definition) is 2. The Balaban J connectivity index is 1.95. The standard InChI is InChI=1S/C19H19F2N5O/c1-19(2,12-5-7-13(20)8-6-12)23-18-25-24-17(26(18)3)14-10-11(16(22)27)4-9-15(14)21/h4-10H,1-3H3,(H2,22,27)(H,23,25). The van der Waals surface area contributed by atoms with Gasteiger partial charge in [-0.15, -0.1) is 10.2 Å². The molecule has 0 saturated heterocycles. The molecular formula is C19H19F2N5O. The van der Waals surface area contributed by atoms with Crippen molar-refractivity contribution >= 4 is 11.9 Å². The predicted octanol–water partition coefficient (Wildman–Crippen LogP) is 3.21. The second-order valence-corrected chi connectivity index (χ2v) is 6.72. The van der Waals surface area contributed by atoms with Gasteiger partial charge < -0.3 is 11.1 Å². The Bertz CT molecular complexity index is 996. The van der Waals surface area contributed by atoms with Gasteiger partial charge in [-0.2, -0.15) is 0 Å². The van der Waals surface area contributed by atoms with Gasteiger partial charge in [-0.05, 0) is 49.7 Å². The van der Waals surface area contributed by atoms with Crippen LogP contribution in [0.2, 0.25) is 0 Å². The zero-order valence-electron chi connectivity index (χ0n) is 15.1. The van der Waals surface area contributed by atoms with Crippen LogP contribution in [0.25, 0.3) is 11.4 Å². The number of nitrogens with zero attached hydrogens (tertiary/aromatic N) is 3. The van der Waals surface area contributed by atoms with Crippen LogP contribution in [0.3, 0.4) is 0 Å². The second kappa shape index (κ2) is 6.79. The Labute approximate surface area is 155 Å². The van der Waals surface area contributed by atoms with E-state index in [4.69, 9.17) is 5.73 Å². The number of hydrogen-bond acceptors (Lipinski definition) is 4. The Hall–Kier alpha value is -3.29. The summed E-state index contributed by atoms with van der Waals surface area (Å²) < 4.78 is 29.0. The highest BCUT2D eigenvalue weighted by atomic mass is 19.1. The Kier molecular flexibility index (Phi) is 4.65. The minimum atomic E-state index is -0.658. The SMILES string of the molecule is Cn1c(NC(C)(C)c2ccc(F)cc2)nnc1-c1cc(C(N)=O)ccc1F. The maximum absolute atomic E-state index is 14.3. The maximum Gasteiger partial charge on any atom is 0.248 e. The Morgan fingerprint density at radius 2 is 1.78 bits per heavy atom. The van der Waals surface area contributed by atoms with Crippen LogP contribution in [-0.4, -0.2) is 20.7 Å². The number of amides is 1. The van der Waals surface area contributed by atoms with Crippen LogP contribution in [0.15, 0.2) is 42.5 Å². The third-order valence-corrected chi connectivity index (χ3v) is 4.36. The molecule has 0 aliphatic rings. The summed E-state index contributed by atoms with van der Waals surface area (Å²) in [6.07, 6.45) is 0. The molecule has 0 fully saturated rings. The first-order valence-corrected chi connectivity index (χ1v) is 8.22. The molecule has 0 radical (unpaired) electrons. The van der Waals surface area contributed by atoms with Gasteiger partial charge in [0.15, 0.2) is 5.82 Å². The smallest absolute Gasteiger partial charge is 0.248 e. The maximum atomic E-state index is 14.3. The molecule has 0 unspecified atom stereocenters. The van der Waals surface area contributed by atoms with Gasteiger partial charge in [0.1, 0.15) is 11.6 Å². The largest absolute Gasteiger partial charge is 0.366 e. The van der Waals surface area contributed by atoms with Crippen molar-refractivity contribution in [1.82, 2.24) is 14.8 Å². The van der Waals surface area contributed by atoms with Gasteiger partial charge in [0.25, 0.3) is 0 Å². The number of carbonyl (C=O) groups is 1. The molecule has 140 valence electrons. The van der Waals surface area contributed by atoms with Crippen molar-refractivity contribution in [3.05, 3.63) is 65.2 Å². The fraction of sp³-hybridized carbons (Fsp3) is 0.211. The third kappa shape index (κ3) is 3.64. The number of carbonyl (C=O) groups excluding carboxylic acids is 1. The summed E-state index contributed by atoms with van der Waals surface area (Å²) in [5, 5.41) is 11.3. The summed E-state index contributed by atoms with van der Waals surface area (Å²) in [6, 6.07) is 9.94. The lowest BCUT2D eigenvalue weighted by Gasteiger charge is -2.27. The summed E-state index contributed by atoms with van der Waals surface area (Å²) in [7, 11) is 1.68. The molecule has 1 heterocycles. The number of aromatic nitrogens is 3. The molecule has 0 aliphatic heterocycles. The van der Waals surface area contributed by atoms with E-state index < -0.39 is 17.3 Å². The van der Waals surface area contributed by atoms with Crippen molar-refractivity contribution in [2.75, 3.05) is 5.32 Å². The number of benzene rings is 2. The van der Waals surface area contributed by atoms with Gasteiger partial charge in [-0.25, -0.2) is 8.78 Å². The number of nitrogens with two attached hydrogens (primary N) is 1. The number of rotatable bonds is 5. The van der Waals surface area contributed by atoms with Crippen molar-refractivity contribution in [2.45, 2.75) is 19.4 Å². The summed E-state index contributed by atoms with van der Waals surface area (Å²) in [5.74, 6) is -0.884. The molecule has 2 aromatic carbocycles. The predicted molar refractivity (Wildman–Crippen MR) is 98.0 cm³/mol. The fourth-order valence-electron chi connectivity index (χ4n) is 2.74. The molecule has 6 nitrogen and oxygen atoms in total. The second-order valence-electron chi connectivity index (χ2n) is 6.72. The highest BCUT2D eigenvalue weighted by Gasteiger charge is 2.24. The van der Waals surface area contributed by atoms with Crippen LogP contribution < -0.4 is 11.1 Å². The monoisotopic (exact) mass is 371 g/mol. The van der Waals surface area contributed by atoms with Gasteiger partial charge >= 0.3 is 0 Å². The van der Waals surface area contributed by atoms with E-state index in [2.05, 4.69) is 15.5 Å². The van der Waals surface area contributed by atoms with Crippen molar-refractivity contribution in [1.29, 1.82) is 0 Å². The summed E-state index contributed by atoms with van der Waals surface area (Å²) in [4.78, 5) is 11.4. The fourth-order valence-corrected chi connectivity index (χ4v) is 2.74. The number of anilines is 1. The van der Waals surface area contributed by atoms with E-state index in [9.17, 15) is 13.6 Å². The number of nitrogens with one attached hydrogen (secondary N) is 1. The van der Waals surface area contributed by atoms with Crippen LogP contribution in [0.1, 0.15) is 29.8 Å². The molecule has 27 heavy (non-hydrogen) atoms. The van der Waals surface area contributed by atoms with Crippen LogP contribution in [-0.2, 0) is 12.6 Å². The highest BCUT2D eigenvalue weighted by Crippen LogP contribution is 2.28. The molecular weight excluding hydrogens is 352 g/mol. The first-order chi connectivity index (χ1) is 12.7. The molecule has 0 aliphatic carbocycles. The zero-order chi connectivity index (χ0) is 19.8. The first-order valence-electron chi connectivity index (χ1n) is 8.22. The molecule has 8 heteroatoms. The highest BCUT2D eigenvalue weighted by molar-refractivity contribution is 5.94. The molecule has 0 spiro atoms. The van der Waals surface area contributed by atoms with E-state index in [1.165, 1.54) is 30.3 Å². The lowest BCUT2D eigenvalue weighted by molar-refractivity contribution is 0.100. The molecule has 3 aromatic rings. The van der Waals surface area contributed by atoms with Crippen molar-refractivity contribution in [3.63, 3.8) is 0 Å².